The quantitative estimate of drug-likeness (QED) is 0.391. The molecule has 1 atom stereocenters. The van der Waals surface area contributed by atoms with Crippen molar-refractivity contribution in [2.24, 2.45) is 10.7 Å². The number of guanidine groups is 1. The Bertz CT molecular complexity index is 660. The largest absolute Gasteiger partial charge is 0.370 e. The van der Waals surface area contributed by atoms with Gasteiger partial charge in [-0.1, -0.05) is 29.3 Å². The number of nitrogens with one attached hydrogen (secondary N) is 1. The third kappa shape index (κ3) is 5.26. The molecule has 0 amide bonds. The van der Waals surface area contributed by atoms with Crippen LogP contribution in [0.3, 0.4) is 0 Å². The zero-order valence-corrected chi connectivity index (χ0v) is 16.8. The molecule has 1 unspecified atom stereocenters. The average Bonchev–Trinajstić information content (AvgIpc) is 2.81. The molecule has 0 radical (unpaired) electrons. The van der Waals surface area contributed by atoms with Crippen molar-refractivity contribution in [3.05, 3.63) is 49.9 Å². The predicted molar refractivity (Wildman–Crippen MR) is 106 cm³/mol. The van der Waals surface area contributed by atoms with E-state index < -0.39 is 0 Å². The molecule has 0 fully saturated rings. The van der Waals surface area contributed by atoms with E-state index in [1.807, 2.05) is 19.9 Å². The van der Waals surface area contributed by atoms with Crippen molar-refractivity contribution in [2.45, 2.75) is 26.4 Å². The summed E-state index contributed by atoms with van der Waals surface area (Å²) in [6, 6.07) is 5.34. The first-order chi connectivity index (χ1) is 9.97. The van der Waals surface area contributed by atoms with Gasteiger partial charge in [0.15, 0.2) is 5.96 Å². The van der Waals surface area contributed by atoms with Crippen molar-refractivity contribution in [1.82, 2.24) is 10.3 Å². The lowest BCUT2D eigenvalue weighted by atomic mass is 10.1. The Hall–Kier alpha value is -0.570. The molecule has 3 N–H and O–H groups in total. The predicted octanol–water partition coefficient (Wildman–Crippen LogP) is 4.54. The topological polar surface area (TPSA) is 63.3 Å². The summed E-state index contributed by atoms with van der Waals surface area (Å²) in [5, 5.41) is 4.34. The van der Waals surface area contributed by atoms with Gasteiger partial charge in [0, 0.05) is 14.9 Å². The van der Waals surface area contributed by atoms with Gasteiger partial charge in [-0.2, -0.15) is 0 Å². The van der Waals surface area contributed by atoms with Crippen molar-refractivity contribution in [1.29, 1.82) is 0 Å². The summed E-state index contributed by atoms with van der Waals surface area (Å²) in [4.78, 5) is 9.61. The Balaban J connectivity index is 0.00000242. The highest BCUT2D eigenvalue weighted by atomic mass is 127. The fraction of sp³-hybridized carbons (Fsp3) is 0.286. The van der Waals surface area contributed by atoms with E-state index in [0.717, 1.165) is 16.1 Å². The van der Waals surface area contributed by atoms with Crippen molar-refractivity contribution < 1.29 is 0 Å². The molecule has 22 heavy (non-hydrogen) atoms. The molecular weight excluding hydrogens is 454 g/mol. The number of halogens is 3. The fourth-order valence-corrected chi connectivity index (χ4v) is 3.11. The molecule has 0 bridgehead atoms. The highest BCUT2D eigenvalue weighted by Gasteiger charge is 2.10. The van der Waals surface area contributed by atoms with E-state index in [0.29, 0.717) is 22.5 Å². The van der Waals surface area contributed by atoms with Crippen molar-refractivity contribution >= 4 is 64.5 Å². The number of aromatic nitrogens is 1. The molecule has 1 heterocycles. The van der Waals surface area contributed by atoms with E-state index >= 15 is 0 Å². The summed E-state index contributed by atoms with van der Waals surface area (Å²) in [7, 11) is 0. The molecule has 0 aliphatic carbocycles. The molecule has 0 saturated heterocycles. The molecule has 2 aromatic rings. The van der Waals surface area contributed by atoms with E-state index in [-0.39, 0.29) is 30.0 Å². The summed E-state index contributed by atoms with van der Waals surface area (Å²) >= 11 is 13.6. The number of nitrogens with two attached hydrogens (primary N) is 1. The minimum absolute atomic E-state index is 0. The first kappa shape index (κ1) is 19.5. The first-order valence-electron chi connectivity index (χ1n) is 6.37. The van der Waals surface area contributed by atoms with Crippen LogP contribution in [-0.2, 0) is 6.54 Å². The Labute approximate surface area is 161 Å². The maximum Gasteiger partial charge on any atom is 0.189 e. The van der Waals surface area contributed by atoms with Gasteiger partial charge in [-0.3, -0.25) is 0 Å². The van der Waals surface area contributed by atoms with Crippen LogP contribution in [0.1, 0.15) is 29.1 Å². The molecule has 1 aromatic heterocycles. The van der Waals surface area contributed by atoms with Crippen LogP contribution in [-0.4, -0.2) is 10.9 Å². The number of rotatable bonds is 4. The van der Waals surface area contributed by atoms with Gasteiger partial charge in [0.25, 0.3) is 0 Å². The number of hydrogen-bond acceptors (Lipinski definition) is 3. The zero-order chi connectivity index (χ0) is 15.4. The minimum Gasteiger partial charge on any atom is -0.370 e. The fourth-order valence-electron chi connectivity index (χ4n) is 1.83. The van der Waals surface area contributed by atoms with E-state index in [1.165, 1.54) is 0 Å². The number of aryl methyl sites for hydroxylation is 1. The first-order valence-corrected chi connectivity index (χ1v) is 8.01. The summed E-state index contributed by atoms with van der Waals surface area (Å²) in [5.41, 5.74) is 9.63. The van der Waals surface area contributed by atoms with Gasteiger partial charge < -0.3 is 11.1 Å². The molecule has 2 rings (SSSR count). The second kappa shape index (κ2) is 8.90. The smallest absolute Gasteiger partial charge is 0.189 e. The SMILES string of the molecule is Cc1ncsc1CN=C(N)NC(C)c1ccc(Cl)cc1Cl.I. The zero-order valence-electron chi connectivity index (χ0n) is 12.1. The summed E-state index contributed by atoms with van der Waals surface area (Å²) in [6.45, 7) is 4.45. The summed E-state index contributed by atoms with van der Waals surface area (Å²) in [6.07, 6.45) is 0. The number of nitrogens with zero attached hydrogens (tertiary/aromatic N) is 2. The van der Waals surface area contributed by atoms with Crippen LogP contribution in [0.4, 0.5) is 0 Å². The van der Waals surface area contributed by atoms with Gasteiger partial charge in [-0.25, -0.2) is 9.98 Å². The number of hydrogen-bond donors (Lipinski definition) is 2. The van der Waals surface area contributed by atoms with E-state index in [1.54, 1.807) is 29.0 Å². The Morgan fingerprint density at radius 2 is 2.18 bits per heavy atom. The Morgan fingerprint density at radius 1 is 1.45 bits per heavy atom. The van der Waals surface area contributed by atoms with Crippen LogP contribution in [0.25, 0.3) is 0 Å². The minimum atomic E-state index is -0.0546. The third-order valence-electron chi connectivity index (χ3n) is 3.03. The van der Waals surface area contributed by atoms with Crippen LogP contribution >= 0.6 is 58.5 Å². The lowest BCUT2D eigenvalue weighted by Crippen LogP contribution is -2.33. The highest BCUT2D eigenvalue weighted by molar-refractivity contribution is 14.0. The lowest BCUT2D eigenvalue weighted by Gasteiger charge is -2.16. The van der Waals surface area contributed by atoms with Crippen LogP contribution in [0.15, 0.2) is 28.7 Å². The number of benzene rings is 1. The number of thiazole rings is 1. The molecule has 1 aromatic carbocycles. The van der Waals surface area contributed by atoms with Gasteiger partial charge in [-0.05, 0) is 31.5 Å². The molecule has 120 valence electrons. The van der Waals surface area contributed by atoms with Crippen LogP contribution in [0.5, 0.6) is 0 Å². The second-order valence-corrected chi connectivity index (χ2v) is 6.38. The maximum absolute atomic E-state index is 6.18. The normalized spacial score (nSPS) is 12.6. The van der Waals surface area contributed by atoms with Crippen LogP contribution in [0, 0.1) is 6.92 Å². The molecule has 8 heteroatoms. The molecule has 0 aliphatic heterocycles. The standard InChI is InChI=1S/C14H16Cl2N4S.HI/c1-8(11-4-3-10(15)5-12(11)16)20-14(17)18-6-13-9(2)19-7-21-13;/h3-5,7-8H,6H2,1-2H3,(H3,17,18,20);1H. The van der Waals surface area contributed by atoms with E-state index in [4.69, 9.17) is 28.9 Å². The third-order valence-corrected chi connectivity index (χ3v) is 4.51. The Kier molecular flexibility index (Phi) is 7.88. The van der Waals surface area contributed by atoms with Gasteiger partial charge >= 0.3 is 0 Å². The molecule has 0 aliphatic rings. The van der Waals surface area contributed by atoms with Gasteiger partial charge in [0.05, 0.1) is 23.8 Å². The highest BCUT2D eigenvalue weighted by Crippen LogP contribution is 2.25. The maximum atomic E-state index is 6.18. The van der Waals surface area contributed by atoms with E-state index in [9.17, 15) is 0 Å². The molecule has 0 spiro atoms. The van der Waals surface area contributed by atoms with Gasteiger partial charge in [0.2, 0.25) is 0 Å². The van der Waals surface area contributed by atoms with Crippen molar-refractivity contribution in [3.63, 3.8) is 0 Å². The summed E-state index contributed by atoms with van der Waals surface area (Å²) < 4.78 is 0. The molecule has 4 nitrogen and oxygen atoms in total. The Morgan fingerprint density at radius 3 is 2.77 bits per heavy atom. The molecule has 0 saturated carbocycles. The van der Waals surface area contributed by atoms with E-state index in [2.05, 4.69) is 15.3 Å². The number of aliphatic imine (C=N–C) groups is 1. The lowest BCUT2D eigenvalue weighted by molar-refractivity contribution is 0.708. The van der Waals surface area contributed by atoms with Gasteiger partial charge in [0.1, 0.15) is 0 Å². The second-order valence-electron chi connectivity index (χ2n) is 4.59. The van der Waals surface area contributed by atoms with Gasteiger partial charge in [-0.15, -0.1) is 35.3 Å². The molecular formula is C14H17Cl2IN4S. The van der Waals surface area contributed by atoms with Crippen molar-refractivity contribution in [3.8, 4) is 0 Å². The summed E-state index contributed by atoms with van der Waals surface area (Å²) in [5.74, 6) is 0.376. The van der Waals surface area contributed by atoms with Crippen molar-refractivity contribution in [2.75, 3.05) is 0 Å². The monoisotopic (exact) mass is 470 g/mol. The van der Waals surface area contributed by atoms with Crippen LogP contribution in [0.2, 0.25) is 10.0 Å². The van der Waals surface area contributed by atoms with Crippen LogP contribution < -0.4 is 11.1 Å². The average molecular weight is 471 g/mol.